The minimum absolute atomic E-state index is 0.0347. The van der Waals surface area contributed by atoms with Crippen LogP contribution in [0.4, 0.5) is 0 Å². The third kappa shape index (κ3) is 2.90. The van der Waals surface area contributed by atoms with Gasteiger partial charge < -0.3 is 10.3 Å². The van der Waals surface area contributed by atoms with Gasteiger partial charge in [0.2, 0.25) is 0 Å². The van der Waals surface area contributed by atoms with E-state index in [1.54, 1.807) is 0 Å². The number of nitrogens with one attached hydrogen (secondary N) is 2. The Labute approximate surface area is 126 Å². The summed E-state index contributed by atoms with van der Waals surface area (Å²) in [5.74, 6) is 0.714. The Hall–Kier alpha value is -1.20. The molecule has 2 N–H and O–H groups in total. The molecule has 0 radical (unpaired) electrons. The molecule has 3 rings (SSSR count). The lowest BCUT2D eigenvalue weighted by Gasteiger charge is -2.49. The summed E-state index contributed by atoms with van der Waals surface area (Å²) in [6, 6.07) is 0.491. The lowest BCUT2D eigenvalue weighted by atomic mass is 9.79. The molecule has 116 valence electrons. The first-order valence-electron chi connectivity index (χ1n) is 7.77. The zero-order chi connectivity index (χ0) is 15.4. The predicted octanol–water partition coefficient (Wildman–Crippen LogP) is 1.70. The summed E-state index contributed by atoms with van der Waals surface area (Å²) < 4.78 is 0. The van der Waals surface area contributed by atoms with Gasteiger partial charge in [0.1, 0.15) is 5.82 Å². The van der Waals surface area contributed by atoms with Gasteiger partial charge in [0, 0.05) is 30.2 Å². The van der Waals surface area contributed by atoms with E-state index in [-0.39, 0.29) is 16.6 Å². The molecule has 0 unspecified atom stereocenters. The van der Waals surface area contributed by atoms with Crippen LogP contribution in [0.25, 0.3) is 0 Å². The number of H-pyrrole nitrogens is 1. The second-order valence-corrected chi connectivity index (χ2v) is 7.94. The van der Waals surface area contributed by atoms with Gasteiger partial charge in [0.25, 0.3) is 5.56 Å². The Balaban J connectivity index is 1.84. The standard InChI is InChI=1S/C16H26N4O/c1-10-17-13-9-20(8-12(13)14(21)18-10)11-6-15(2,3)19-16(4,5)7-11/h11,19H,6-9H2,1-5H3,(H,17,18,21). The van der Waals surface area contributed by atoms with E-state index in [0.29, 0.717) is 11.9 Å². The lowest BCUT2D eigenvalue weighted by molar-refractivity contribution is 0.0638. The van der Waals surface area contributed by atoms with E-state index >= 15 is 0 Å². The van der Waals surface area contributed by atoms with E-state index in [1.165, 1.54) is 0 Å². The van der Waals surface area contributed by atoms with Gasteiger partial charge in [-0.1, -0.05) is 0 Å². The average Bonchev–Trinajstić information content (AvgIpc) is 2.68. The van der Waals surface area contributed by atoms with Gasteiger partial charge in [-0.05, 0) is 47.5 Å². The van der Waals surface area contributed by atoms with E-state index in [0.717, 1.165) is 37.2 Å². The highest BCUT2D eigenvalue weighted by atomic mass is 16.1. The second kappa shape index (κ2) is 4.65. The maximum atomic E-state index is 12.1. The minimum atomic E-state index is 0.0347. The number of piperidine rings is 1. The molecule has 0 spiro atoms. The van der Waals surface area contributed by atoms with E-state index in [4.69, 9.17) is 0 Å². The Morgan fingerprint density at radius 1 is 1.14 bits per heavy atom. The van der Waals surface area contributed by atoms with Gasteiger partial charge >= 0.3 is 0 Å². The van der Waals surface area contributed by atoms with Crippen molar-refractivity contribution in [3.8, 4) is 0 Å². The molecule has 0 atom stereocenters. The molecule has 5 heteroatoms. The largest absolute Gasteiger partial charge is 0.310 e. The highest BCUT2D eigenvalue weighted by molar-refractivity contribution is 5.22. The number of aromatic nitrogens is 2. The molecule has 2 aliphatic heterocycles. The summed E-state index contributed by atoms with van der Waals surface area (Å²) in [5.41, 5.74) is 2.10. The van der Waals surface area contributed by atoms with Crippen molar-refractivity contribution >= 4 is 0 Å². The van der Waals surface area contributed by atoms with Crippen LogP contribution >= 0.6 is 0 Å². The average molecular weight is 290 g/mol. The van der Waals surface area contributed by atoms with Gasteiger partial charge in [-0.2, -0.15) is 0 Å². The van der Waals surface area contributed by atoms with Crippen LogP contribution in [0.5, 0.6) is 0 Å². The zero-order valence-corrected chi connectivity index (χ0v) is 13.7. The van der Waals surface area contributed by atoms with Crippen LogP contribution < -0.4 is 10.9 Å². The number of aromatic amines is 1. The lowest BCUT2D eigenvalue weighted by Crippen LogP contribution is -2.61. The molecule has 0 aromatic carbocycles. The zero-order valence-electron chi connectivity index (χ0n) is 13.7. The SMILES string of the molecule is Cc1nc2c(c(=O)[nH]1)CN(C1CC(C)(C)NC(C)(C)C1)C2. The van der Waals surface area contributed by atoms with Crippen molar-refractivity contribution in [3.63, 3.8) is 0 Å². The number of rotatable bonds is 1. The Morgan fingerprint density at radius 3 is 2.38 bits per heavy atom. The van der Waals surface area contributed by atoms with E-state index in [9.17, 15) is 4.79 Å². The highest BCUT2D eigenvalue weighted by Crippen LogP contribution is 2.34. The Morgan fingerprint density at radius 2 is 1.76 bits per heavy atom. The van der Waals surface area contributed by atoms with Crippen molar-refractivity contribution in [1.82, 2.24) is 20.2 Å². The molecular formula is C16H26N4O. The van der Waals surface area contributed by atoms with Crippen LogP contribution in [0.3, 0.4) is 0 Å². The highest BCUT2D eigenvalue weighted by Gasteiger charge is 2.41. The van der Waals surface area contributed by atoms with E-state index in [2.05, 4.69) is 47.9 Å². The first-order valence-corrected chi connectivity index (χ1v) is 7.77. The van der Waals surface area contributed by atoms with Crippen molar-refractivity contribution < 1.29 is 0 Å². The van der Waals surface area contributed by atoms with Crippen LogP contribution in [0, 0.1) is 6.92 Å². The fraction of sp³-hybridized carbons (Fsp3) is 0.750. The summed E-state index contributed by atoms with van der Waals surface area (Å²) in [6.07, 6.45) is 2.20. The van der Waals surface area contributed by atoms with Crippen molar-refractivity contribution in [2.45, 2.75) is 77.7 Å². The molecule has 1 saturated heterocycles. The molecule has 2 aliphatic rings. The molecule has 0 amide bonds. The van der Waals surface area contributed by atoms with Crippen molar-refractivity contribution in [2.75, 3.05) is 0 Å². The summed E-state index contributed by atoms with van der Waals surface area (Å²) in [6.45, 7) is 12.4. The number of nitrogens with zero attached hydrogens (tertiary/aromatic N) is 2. The maximum absolute atomic E-state index is 12.1. The first kappa shape index (κ1) is 14.7. The Bertz CT molecular complexity index is 601. The second-order valence-electron chi connectivity index (χ2n) is 7.94. The molecule has 1 aromatic heterocycles. The monoisotopic (exact) mass is 290 g/mol. The minimum Gasteiger partial charge on any atom is -0.310 e. The van der Waals surface area contributed by atoms with Gasteiger partial charge in [0.15, 0.2) is 0 Å². The quantitative estimate of drug-likeness (QED) is 0.826. The molecule has 21 heavy (non-hydrogen) atoms. The van der Waals surface area contributed by atoms with Crippen LogP contribution in [-0.4, -0.2) is 32.0 Å². The molecular weight excluding hydrogens is 264 g/mol. The molecule has 0 aliphatic carbocycles. The molecule has 5 nitrogen and oxygen atoms in total. The molecule has 0 bridgehead atoms. The van der Waals surface area contributed by atoms with Crippen LogP contribution in [0.1, 0.15) is 57.6 Å². The summed E-state index contributed by atoms with van der Waals surface area (Å²) in [4.78, 5) is 21.8. The smallest absolute Gasteiger partial charge is 0.255 e. The Kier molecular flexibility index (Phi) is 3.26. The molecule has 1 fully saturated rings. The summed E-state index contributed by atoms with van der Waals surface area (Å²) in [7, 11) is 0. The molecule has 3 heterocycles. The van der Waals surface area contributed by atoms with Crippen LogP contribution in [-0.2, 0) is 13.1 Å². The topological polar surface area (TPSA) is 61.0 Å². The normalized spacial score (nSPS) is 25.0. The fourth-order valence-corrected chi connectivity index (χ4v) is 4.20. The summed E-state index contributed by atoms with van der Waals surface area (Å²) in [5, 5.41) is 3.72. The predicted molar refractivity (Wildman–Crippen MR) is 83.2 cm³/mol. The van der Waals surface area contributed by atoms with E-state index in [1.807, 2.05) is 6.92 Å². The van der Waals surface area contributed by atoms with Crippen molar-refractivity contribution in [1.29, 1.82) is 0 Å². The number of aryl methyl sites for hydroxylation is 1. The van der Waals surface area contributed by atoms with Crippen molar-refractivity contribution in [3.05, 3.63) is 27.4 Å². The number of fused-ring (bicyclic) bond motifs is 1. The van der Waals surface area contributed by atoms with Crippen LogP contribution in [0.15, 0.2) is 4.79 Å². The molecule has 1 aromatic rings. The van der Waals surface area contributed by atoms with Gasteiger partial charge in [0.05, 0.1) is 11.3 Å². The van der Waals surface area contributed by atoms with Crippen LogP contribution in [0.2, 0.25) is 0 Å². The number of hydrogen-bond donors (Lipinski definition) is 2. The summed E-state index contributed by atoms with van der Waals surface area (Å²) >= 11 is 0. The first-order chi connectivity index (χ1) is 9.65. The van der Waals surface area contributed by atoms with Gasteiger partial charge in [-0.3, -0.25) is 9.69 Å². The maximum Gasteiger partial charge on any atom is 0.255 e. The van der Waals surface area contributed by atoms with E-state index < -0.39 is 0 Å². The van der Waals surface area contributed by atoms with Gasteiger partial charge in [-0.25, -0.2) is 4.98 Å². The van der Waals surface area contributed by atoms with Gasteiger partial charge in [-0.15, -0.1) is 0 Å². The third-order valence-corrected chi connectivity index (χ3v) is 4.62. The third-order valence-electron chi connectivity index (χ3n) is 4.62. The number of hydrogen-bond acceptors (Lipinski definition) is 4. The molecule has 0 saturated carbocycles. The fourth-order valence-electron chi connectivity index (χ4n) is 4.20. The van der Waals surface area contributed by atoms with Crippen molar-refractivity contribution in [2.24, 2.45) is 0 Å².